The number of hydrogen-bond acceptors (Lipinski definition) is 4. The number of benzene rings is 3. The lowest BCUT2D eigenvalue weighted by atomic mass is 10.1. The molecule has 0 aliphatic carbocycles. The molecule has 1 N–H and O–H groups in total. The van der Waals surface area contributed by atoms with Crippen molar-refractivity contribution >= 4 is 23.7 Å². The Hall–Kier alpha value is -3.90. The van der Waals surface area contributed by atoms with E-state index in [0.717, 1.165) is 28.3 Å². The van der Waals surface area contributed by atoms with Gasteiger partial charge >= 0.3 is 0 Å². The Bertz CT molecular complexity index is 1200. The minimum atomic E-state index is -0.325. The summed E-state index contributed by atoms with van der Waals surface area (Å²) in [6.45, 7) is 0. The van der Waals surface area contributed by atoms with Crippen LogP contribution in [0.4, 0.5) is 0 Å². The molecule has 4 aromatic rings. The second kappa shape index (κ2) is 9.28. The molecule has 7 heteroatoms. The van der Waals surface area contributed by atoms with Crippen LogP contribution in [0.2, 0.25) is 5.02 Å². The van der Waals surface area contributed by atoms with E-state index < -0.39 is 0 Å². The van der Waals surface area contributed by atoms with Gasteiger partial charge in [0.2, 0.25) is 0 Å². The monoisotopic (exact) mass is 430 g/mol. The Morgan fingerprint density at radius 2 is 1.74 bits per heavy atom. The molecule has 1 aromatic heterocycles. The van der Waals surface area contributed by atoms with Crippen molar-refractivity contribution in [3.05, 3.63) is 101 Å². The SMILES string of the molecule is COc1ccc(-c2nn(-c3ccccc3)cc2/C=N/NC(=O)c2ccc(Cl)cc2)cc1. The fraction of sp³-hybridized carbons (Fsp3) is 0.0417. The third kappa shape index (κ3) is 4.82. The van der Waals surface area contributed by atoms with Gasteiger partial charge < -0.3 is 4.74 Å². The van der Waals surface area contributed by atoms with Gasteiger partial charge in [0.1, 0.15) is 11.4 Å². The van der Waals surface area contributed by atoms with Gasteiger partial charge in [-0.1, -0.05) is 29.8 Å². The van der Waals surface area contributed by atoms with Gasteiger partial charge in [-0.2, -0.15) is 10.2 Å². The number of nitrogens with zero attached hydrogens (tertiary/aromatic N) is 3. The largest absolute Gasteiger partial charge is 0.497 e. The summed E-state index contributed by atoms with van der Waals surface area (Å²) < 4.78 is 7.02. The van der Waals surface area contributed by atoms with Crippen LogP contribution in [0.25, 0.3) is 16.9 Å². The van der Waals surface area contributed by atoms with E-state index in [1.54, 1.807) is 42.3 Å². The lowest BCUT2D eigenvalue weighted by Gasteiger charge is -2.03. The number of nitrogens with one attached hydrogen (secondary N) is 1. The van der Waals surface area contributed by atoms with Crippen LogP contribution in [0, 0.1) is 0 Å². The molecule has 4 rings (SSSR count). The maximum Gasteiger partial charge on any atom is 0.271 e. The number of carbonyl (C=O) groups is 1. The number of ether oxygens (including phenoxy) is 1. The summed E-state index contributed by atoms with van der Waals surface area (Å²) in [6, 6.07) is 24.0. The van der Waals surface area contributed by atoms with Gasteiger partial charge in [0.05, 0.1) is 19.0 Å². The number of carbonyl (C=O) groups excluding carboxylic acids is 1. The van der Waals surface area contributed by atoms with Crippen LogP contribution in [0.3, 0.4) is 0 Å². The van der Waals surface area contributed by atoms with Crippen LogP contribution >= 0.6 is 11.6 Å². The maximum atomic E-state index is 12.3. The highest BCUT2D eigenvalue weighted by molar-refractivity contribution is 6.30. The van der Waals surface area contributed by atoms with Crippen molar-refractivity contribution in [3.8, 4) is 22.7 Å². The molecule has 0 unspecified atom stereocenters. The van der Waals surface area contributed by atoms with Crippen molar-refractivity contribution in [2.45, 2.75) is 0 Å². The van der Waals surface area contributed by atoms with Gasteiger partial charge in [-0.25, -0.2) is 10.1 Å². The average Bonchev–Trinajstić information content (AvgIpc) is 3.24. The van der Waals surface area contributed by atoms with Gasteiger partial charge in [0.15, 0.2) is 0 Å². The quantitative estimate of drug-likeness (QED) is 0.347. The third-order valence-corrected chi connectivity index (χ3v) is 4.85. The Morgan fingerprint density at radius 3 is 2.42 bits per heavy atom. The number of hydrogen-bond donors (Lipinski definition) is 1. The highest BCUT2D eigenvalue weighted by Crippen LogP contribution is 2.25. The molecule has 0 fully saturated rings. The van der Waals surface area contributed by atoms with E-state index in [4.69, 9.17) is 21.4 Å². The number of aromatic nitrogens is 2. The molecule has 154 valence electrons. The number of rotatable bonds is 6. The minimum Gasteiger partial charge on any atom is -0.497 e. The summed E-state index contributed by atoms with van der Waals surface area (Å²) in [5.74, 6) is 0.436. The molecule has 1 heterocycles. The third-order valence-electron chi connectivity index (χ3n) is 4.60. The zero-order valence-electron chi connectivity index (χ0n) is 16.7. The normalized spacial score (nSPS) is 10.9. The molecular weight excluding hydrogens is 412 g/mol. The number of hydrazone groups is 1. The van der Waals surface area contributed by atoms with Crippen molar-refractivity contribution in [2.75, 3.05) is 7.11 Å². The highest BCUT2D eigenvalue weighted by atomic mass is 35.5. The molecule has 0 aliphatic heterocycles. The molecule has 0 saturated carbocycles. The number of para-hydroxylation sites is 1. The van der Waals surface area contributed by atoms with Crippen LogP contribution in [0.5, 0.6) is 5.75 Å². The molecule has 3 aromatic carbocycles. The molecule has 0 radical (unpaired) electrons. The molecular formula is C24H19ClN4O2. The van der Waals surface area contributed by atoms with Gasteiger partial charge in [0, 0.05) is 27.9 Å². The molecule has 0 aliphatic rings. The maximum absolute atomic E-state index is 12.3. The Balaban J connectivity index is 1.63. The fourth-order valence-corrected chi connectivity index (χ4v) is 3.12. The van der Waals surface area contributed by atoms with Gasteiger partial charge in [0.25, 0.3) is 5.91 Å². The first kappa shape index (κ1) is 20.4. The molecule has 0 spiro atoms. The predicted molar refractivity (Wildman–Crippen MR) is 122 cm³/mol. The van der Waals surface area contributed by atoms with Crippen LogP contribution in [0.15, 0.2) is 90.2 Å². The Morgan fingerprint density at radius 1 is 1.03 bits per heavy atom. The van der Waals surface area contributed by atoms with Gasteiger partial charge in [-0.05, 0) is 60.7 Å². The Labute approximate surface area is 184 Å². The van der Waals surface area contributed by atoms with E-state index in [1.807, 2.05) is 60.8 Å². The first-order chi connectivity index (χ1) is 15.1. The molecule has 31 heavy (non-hydrogen) atoms. The minimum absolute atomic E-state index is 0.325. The standard InChI is InChI=1S/C24H19ClN4O2/c1-31-22-13-9-17(10-14-22)23-19(16-29(28-23)21-5-3-2-4-6-21)15-26-27-24(30)18-7-11-20(25)12-8-18/h2-16H,1H3,(H,27,30)/b26-15+. The zero-order chi connectivity index (χ0) is 21.6. The number of methoxy groups -OCH3 is 1. The van der Waals surface area contributed by atoms with Crippen molar-refractivity contribution in [3.63, 3.8) is 0 Å². The van der Waals surface area contributed by atoms with E-state index in [1.165, 1.54) is 0 Å². The highest BCUT2D eigenvalue weighted by Gasteiger charge is 2.12. The summed E-state index contributed by atoms with van der Waals surface area (Å²) in [6.07, 6.45) is 3.45. The molecule has 1 amide bonds. The topological polar surface area (TPSA) is 68.5 Å². The molecule has 6 nitrogen and oxygen atoms in total. The number of amides is 1. The smallest absolute Gasteiger partial charge is 0.271 e. The van der Waals surface area contributed by atoms with Crippen LogP contribution < -0.4 is 10.2 Å². The second-order valence-electron chi connectivity index (χ2n) is 6.65. The summed E-state index contributed by atoms with van der Waals surface area (Å²) in [4.78, 5) is 12.3. The summed E-state index contributed by atoms with van der Waals surface area (Å²) in [5, 5.41) is 9.43. The van der Waals surface area contributed by atoms with E-state index in [0.29, 0.717) is 10.6 Å². The molecule has 0 saturated heterocycles. The van der Waals surface area contributed by atoms with Gasteiger partial charge in [-0.15, -0.1) is 0 Å². The van der Waals surface area contributed by atoms with Crippen LogP contribution in [-0.4, -0.2) is 29.0 Å². The van der Waals surface area contributed by atoms with E-state index in [9.17, 15) is 4.79 Å². The van der Waals surface area contributed by atoms with Crippen LogP contribution in [-0.2, 0) is 0 Å². The zero-order valence-corrected chi connectivity index (χ0v) is 17.5. The van der Waals surface area contributed by atoms with Crippen molar-refractivity contribution in [1.82, 2.24) is 15.2 Å². The van der Waals surface area contributed by atoms with E-state index in [-0.39, 0.29) is 5.91 Å². The van der Waals surface area contributed by atoms with E-state index >= 15 is 0 Å². The summed E-state index contributed by atoms with van der Waals surface area (Å²) >= 11 is 5.87. The number of halogens is 1. The summed E-state index contributed by atoms with van der Waals surface area (Å²) in [7, 11) is 1.63. The lowest BCUT2D eigenvalue weighted by Crippen LogP contribution is -2.17. The first-order valence-corrected chi connectivity index (χ1v) is 9.90. The second-order valence-corrected chi connectivity index (χ2v) is 7.08. The average molecular weight is 431 g/mol. The van der Waals surface area contributed by atoms with E-state index in [2.05, 4.69) is 10.5 Å². The van der Waals surface area contributed by atoms with Crippen molar-refractivity contribution in [2.24, 2.45) is 5.10 Å². The Kier molecular flexibility index (Phi) is 6.10. The van der Waals surface area contributed by atoms with Crippen molar-refractivity contribution in [1.29, 1.82) is 0 Å². The fourth-order valence-electron chi connectivity index (χ4n) is 2.99. The van der Waals surface area contributed by atoms with Gasteiger partial charge in [-0.3, -0.25) is 4.79 Å². The predicted octanol–water partition coefficient (Wildman–Crippen LogP) is 4.97. The van der Waals surface area contributed by atoms with Crippen molar-refractivity contribution < 1.29 is 9.53 Å². The lowest BCUT2D eigenvalue weighted by molar-refractivity contribution is 0.0955. The molecule has 0 bridgehead atoms. The first-order valence-electron chi connectivity index (χ1n) is 9.52. The summed E-state index contributed by atoms with van der Waals surface area (Å²) in [5.41, 5.74) is 6.32. The molecule has 0 atom stereocenters. The van der Waals surface area contributed by atoms with Crippen LogP contribution in [0.1, 0.15) is 15.9 Å².